The van der Waals surface area contributed by atoms with Crippen molar-refractivity contribution in [3.63, 3.8) is 0 Å². The summed E-state index contributed by atoms with van der Waals surface area (Å²) in [6.45, 7) is 3.51. The van der Waals surface area contributed by atoms with Crippen molar-refractivity contribution >= 4 is 23.1 Å². The molecule has 0 aliphatic carbocycles. The molecule has 0 unspecified atom stereocenters. The highest BCUT2D eigenvalue weighted by atomic mass is 19.2. The van der Waals surface area contributed by atoms with E-state index >= 15 is 0 Å². The number of rotatable bonds is 4. The standard InChI is InChI=1S/C19H15F3N4O/c1-10-5-3-4-6-13(10)25-16-9-15(23-11(2)24-16)19(27)26-14-8-7-12(20)17(21)18(14)22/h3-9H,1-2H3,(H,26,27)(H,23,24,25). The third kappa shape index (κ3) is 4.05. The monoisotopic (exact) mass is 372 g/mol. The first-order valence-corrected chi connectivity index (χ1v) is 7.98. The SMILES string of the molecule is Cc1nc(Nc2ccccc2C)cc(C(=O)Nc2ccc(F)c(F)c2F)n1. The molecule has 2 aromatic carbocycles. The second-order valence-electron chi connectivity index (χ2n) is 5.80. The number of carbonyl (C=O) groups excluding carboxylic acids is 1. The van der Waals surface area contributed by atoms with Crippen LogP contribution in [0.1, 0.15) is 21.9 Å². The lowest BCUT2D eigenvalue weighted by Crippen LogP contribution is -2.17. The largest absolute Gasteiger partial charge is 0.340 e. The van der Waals surface area contributed by atoms with Crippen molar-refractivity contribution in [2.45, 2.75) is 13.8 Å². The van der Waals surface area contributed by atoms with Gasteiger partial charge in [-0.15, -0.1) is 0 Å². The van der Waals surface area contributed by atoms with E-state index in [4.69, 9.17) is 0 Å². The highest BCUT2D eigenvalue weighted by Crippen LogP contribution is 2.22. The Morgan fingerprint density at radius 2 is 1.67 bits per heavy atom. The predicted molar refractivity (Wildman–Crippen MR) is 95.5 cm³/mol. The number of aromatic nitrogens is 2. The summed E-state index contributed by atoms with van der Waals surface area (Å²) in [4.78, 5) is 20.6. The molecule has 5 nitrogen and oxygen atoms in total. The van der Waals surface area contributed by atoms with E-state index < -0.39 is 29.0 Å². The molecule has 0 fully saturated rings. The van der Waals surface area contributed by atoms with E-state index in [1.54, 1.807) is 6.92 Å². The van der Waals surface area contributed by atoms with E-state index in [9.17, 15) is 18.0 Å². The van der Waals surface area contributed by atoms with Crippen molar-refractivity contribution in [3.05, 3.63) is 77.0 Å². The Kier molecular flexibility index (Phi) is 5.07. The van der Waals surface area contributed by atoms with E-state index in [2.05, 4.69) is 20.6 Å². The molecule has 0 saturated heterocycles. The third-order valence-corrected chi connectivity index (χ3v) is 3.76. The maximum atomic E-state index is 13.8. The maximum Gasteiger partial charge on any atom is 0.274 e. The lowest BCUT2D eigenvalue weighted by atomic mass is 10.2. The van der Waals surface area contributed by atoms with Gasteiger partial charge in [0.15, 0.2) is 17.5 Å². The van der Waals surface area contributed by atoms with Crippen LogP contribution in [0.25, 0.3) is 0 Å². The number of hydrogen-bond acceptors (Lipinski definition) is 4. The zero-order chi connectivity index (χ0) is 19.6. The second kappa shape index (κ2) is 7.45. The molecule has 0 radical (unpaired) electrons. The van der Waals surface area contributed by atoms with Gasteiger partial charge < -0.3 is 10.6 Å². The Hall–Kier alpha value is -3.42. The number of para-hydroxylation sites is 1. The molecule has 0 atom stereocenters. The fourth-order valence-electron chi connectivity index (χ4n) is 2.41. The molecule has 1 aromatic heterocycles. The fourth-order valence-corrected chi connectivity index (χ4v) is 2.41. The van der Waals surface area contributed by atoms with Crippen molar-refractivity contribution < 1.29 is 18.0 Å². The summed E-state index contributed by atoms with van der Waals surface area (Å²) in [5.41, 5.74) is 1.24. The molecule has 0 bridgehead atoms. The van der Waals surface area contributed by atoms with Crippen molar-refractivity contribution in [2.24, 2.45) is 0 Å². The lowest BCUT2D eigenvalue weighted by Gasteiger charge is -2.11. The minimum Gasteiger partial charge on any atom is -0.340 e. The minimum absolute atomic E-state index is 0.0530. The Labute approximate surface area is 153 Å². The number of carbonyl (C=O) groups is 1. The number of aryl methyl sites for hydroxylation is 2. The molecule has 1 amide bonds. The average molecular weight is 372 g/mol. The average Bonchev–Trinajstić information content (AvgIpc) is 2.63. The first-order valence-electron chi connectivity index (χ1n) is 7.98. The molecule has 0 saturated carbocycles. The van der Waals surface area contributed by atoms with E-state index in [1.807, 2.05) is 31.2 Å². The van der Waals surface area contributed by atoms with Gasteiger partial charge in [0.1, 0.15) is 17.3 Å². The van der Waals surface area contributed by atoms with Gasteiger partial charge in [-0.05, 0) is 37.6 Å². The van der Waals surface area contributed by atoms with Gasteiger partial charge in [-0.1, -0.05) is 18.2 Å². The van der Waals surface area contributed by atoms with E-state index in [-0.39, 0.29) is 5.69 Å². The van der Waals surface area contributed by atoms with Crippen molar-refractivity contribution in [1.29, 1.82) is 0 Å². The lowest BCUT2D eigenvalue weighted by molar-refractivity contribution is 0.102. The van der Waals surface area contributed by atoms with Gasteiger partial charge in [-0.25, -0.2) is 23.1 Å². The van der Waals surface area contributed by atoms with Gasteiger partial charge in [0.25, 0.3) is 5.91 Å². The number of halogens is 3. The maximum absolute atomic E-state index is 13.8. The molecule has 1 heterocycles. The molecule has 138 valence electrons. The number of hydrogen-bond donors (Lipinski definition) is 2. The number of benzene rings is 2. The summed E-state index contributed by atoms with van der Waals surface area (Å²) in [6, 6.07) is 10.5. The first kappa shape index (κ1) is 18.4. The van der Waals surface area contributed by atoms with Crippen LogP contribution in [0.4, 0.5) is 30.4 Å². The summed E-state index contributed by atoms with van der Waals surface area (Å²) in [7, 11) is 0. The minimum atomic E-state index is -1.66. The number of nitrogens with zero attached hydrogens (tertiary/aromatic N) is 2. The Morgan fingerprint density at radius 1 is 0.926 bits per heavy atom. The van der Waals surface area contributed by atoms with Crippen LogP contribution in [0, 0.1) is 31.3 Å². The molecule has 0 spiro atoms. The zero-order valence-electron chi connectivity index (χ0n) is 14.5. The van der Waals surface area contributed by atoms with Crippen molar-refractivity contribution in [2.75, 3.05) is 10.6 Å². The van der Waals surface area contributed by atoms with Gasteiger partial charge >= 0.3 is 0 Å². The summed E-state index contributed by atoms with van der Waals surface area (Å²) >= 11 is 0. The highest BCUT2D eigenvalue weighted by Gasteiger charge is 2.17. The number of anilines is 3. The van der Waals surface area contributed by atoms with Crippen molar-refractivity contribution in [1.82, 2.24) is 9.97 Å². The summed E-state index contributed by atoms with van der Waals surface area (Å²) in [5.74, 6) is -4.58. The van der Waals surface area contributed by atoms with Crippen LogP contribution in [-0.4, -0.2) is 15.9 Å². The Bertz CT molecular complexity index is 1020. The second-order valence-corrected chi connectivity index (χ2v) is 5.80. The first-order chi connectivity index (χ1) is 12.8. The Balaban J connectivity index is 1.86. The van der Waals surface area contributed by atoms with E-state index in [0.29, 0.717) is 11.6 Å². The number of amides is 1. The van der Waals surface area contributed by atoms with Crippen LogP contribution in [0.2, 0.25) is 0 Å². The predicted octanol–water partition coefficient (Wildman–Crippen LogP) is 4.51. The van der Waals surface area contributed by atoms with Crippen LogP contribution in [0.5, 0.6) is 0 Å². The van der Waals surface area contributed by atoms with Crippen LogP contribution in [0.3, 0.4) is 0 Å². The molecule has 3 aromatic rings. The van der Waals surface area contributed by atoms with E-state index in [1.165, 1.54) is 6.07 Å². The van der Waals surface area contributed by atoms with Gasteiger partial charge in [-0.3, -0.25) is 4.79 Å². The molecule has 8 heteroatoms. The van der Waals surface area contributed by atoms with Crippen LogP contribution >= 0.6 is 0 Å². The molecule has 0 aliphatic rings. The van der Waals surface area contributed by atoms with Crippen LogP contribution in [0.15, 0.2) is 42.5 Å². The number of nitrogens with one attached hydrogen (secondary N) is 2. The third-order valence-electron chi connectivity index (χ3n) is 3.76. The Morgan fingerprint density at radius 3 is 2.41 bits per heavy atom. The topological polar surface area (TPSA) is 66.9 Å². The molecule has 0 aliphatic heterocycles. The molecular formula is C19H15F3N4O. The smallest absolute Gasteiger partial charge is 0.274 e. The van der Waals surface area contributed by atoms with E-state index in [0.717, 1.165) is 23.4 Å². The van der Waals surface area contributed by atoms with Gasteiger partial charge in [0, 0.05) is 11.8 Å². The van der Waals surface area contributed by atoms with Gasteiger partial charge in [0.05, 0.1) is 5.69 Å². The van der Waals surface area contributed by atoms with Crippen molar-refractivity contribution in [3.8, 4) is 0 Å². The molecule has 27 heavy (non-hydrogen) atoms. The fraction of sp³-hybridized carbons (Fsp3) is 0.105. The van der Waals surface area contributed by atoms with Gasteiger partial charge in [-0.2, -0.15) is 0 Å². The summed E-state index contributed by atoms with van der Waals surface area (Å²) in [6.07, 6.45) is 0. The summed E-state index contributed by atoms with van der Waals surface area (Å²) < 4.78 is 40.1. The van der Waals surface area contributed by atoms with Gasteiger partial charge in [0.2, 0.25) is 0 Å². The van der Waals surface area contributed by atoms with Crippen LogP contribution < -0.4 is 10.6 Å². The highest BCUT2D eigenvalue weighted by molar-refractivity contribution is 6.03. The zero-order valence-corrected chi connectivity index (χ0v) is 14.5. The molecular weight excluding hydrogens is 357 g/mol. The molecule has 2 N–H and O–H groups in total. The summed E-state index contributed by atoms with van der Waals surface area (Å²) in [5, 5.41) is 5.27. The normalized spacial score (nSPS) is 10.6. The quantitative estimate of drug-likeness (QED) is 0.662. The molecule has 3 rings (SSSR count). The van der Waals surface area contributed by atoms with Crippen LogP contribution in [-0.2, 0) is 0 Å².